The number of aromatic amines is 1. The third kappa shape index (κ3) is 7.08. The highest BCUT2D eigenvalue weighted by Crippen LogP contribution is 2.35. The molecule has 9 nitrogen and oxygen atoms in total. The number of carbonyl (C=O) groups is 1. The van der Waals surface area contributed by atoms with Crippen molar-refractivity contribution < 1.29 is 18.7 Å². The number of nitrogens with zero attached hydrogens (tertiary/aromatic N) is 4. The molecule has 0 spiro atoms. The van der Waals surface area contributed by atoms with Crippen molar-refractivity contribution in [3.05, 3.63) is 101 Å². The monoisotopic (exact) mass is 639 g/mol. The van der Waals surface area contributed by atoms with E-state index in [1.54, 1.807) is 6.92 Å². The number of anilines is 1. The Morgan fingerprint density at radius 1 is 1.00 bits per heavy atom. The number of aromatic nitrogens is 3. The van der Waals surface area contributed by atoms with E-state index >= 15 is 4.39 Å². The van der Waals surface area contributed by atoms with Gasteiger partial charge in [0.05, 0.1) is 16.9 Å². The zero-order chi connectivity index (χ0) is 33.3. The number of benzene rings is 3. The Kier molecular flexibility index (Phi) is 9.16. The number of aliphatic hydroxyl groups is 1. The summed E-state index contributed by atoms with van der Waals surface area (Å²) in [6, 6.07) is 16.8. The van der Waals surface area contributed by atoms with Crippen LogP contribution in [0.5, 0.6) is 0 Å². The molecule has 11 heteroatoms. The number of fused-ring (bicyclic) bond motifs is 1. The summed E-state index contributed by atoms with van der Waals surface area (Å²) in [6.45, 7) is 11.4. The van der Waals surface area contributed by atoms with Crippen molar-refractivity contribution in [1.29, 1.82) is 0 Å². The molecular weight excluding hydrogens is 600 g/mol. The SMILES string of the molecule is Cc1c(NC(=O)c2ccc(C(C)(C)O)cc2F)cc(F)cc1-c1ncnc2[nH]c(-c3ccc(CN4CCN(CCN)CC4)cc3)cc12. The van der Waals surface area contributed by atoms with Gasteiger partial charge in [-0.3, -0.25) is 14.6 Å². The van der Waals surface area contributed by atoms with Crippen LogP contribution >= 0.6 is 0 Å². The summed E-state index contributed by atoms with van der Waals surface area (Å²) in [7, 11) is 0. The van der Waals surface area contributed by atoms with Gasteiger partial charge in [-0.05, 0) is 73.4 Å². The second-order valence-corrected chi connectivity index (χ2v) is 12.6. The molecule has 0 radical (unpaired) electrons. The Morgan fingerprint density at radius 2 is 1.72 bits per heavy atom. The van der Waals surface area contributed by atoms with Crippen LogP contribution in [-0.4, -0.2) is 75.0 Å². The Hall–Kier alpha value is -4.55. The van der Waals surface area contributed by atoms with Crippen molar-refractivity contribution in [2.75, 3.05) is 44.6 Å². The maximum absolute atomic E-state index is 15.0. The van der Waals surface area contributed by atoms with Gasteiger partial charge in [0.2, 0.25) is 0 Å². The number of carbonyl (C=O) groups excluding carboxylic acids is 1. The Morgan fingerprint density at radius 3 is 2.40 bits per heavy atom. The molecule has 244 valence electrons. The third-order valence-electron chi connectivity index (χ3n) is 8.80. The average molecular weight is 640 g/mol. The van der Waals surface area contributed by atoms with Gasteiger partial charge in [-0.25, -0.2) is 18.7 Å². The summed E-state index contributed by atoms with van der Waals surface area (Å²) in [5.74, 6) is -2.11. The predicted octanol–water partition coefficient (Wildman–Crippen LogP) is 5.43. The predicted molar refractivity (Wildman–Crippen MR) is 180 cm³/mol. The van der Waals surface area contributed by atoms with Crippen molar-refractivity contribution in [3.8, 4) is 22.5 Å². The first-order valence-electron chi connectivity index (χ1n) is 15.7. The Balaban J connectivity index is 1.23. The van der Waals surface area contributed by atoms with Crippen LogP contribution < -0.4 is 11.1 Å². The summed E-state index contributed by atoms with van der Waals surface area (Å²) < 4.78 is 29.9. The molecule has 0 bridgehead atoms. The van der Waals surface area contributed by atoms with Crippen LogP contribution in [0, 0.1) is 18.6 Å². The molecule has 47 heavy (non-hydrogen) atoms. The first-order valence-corrected chi connectivity index (χ1v) is 15.7. The molecule has 6 rings (SSSR count). The molecule has 5 N–H and O–H groups in total. The molecule has 3 aromatic carbocycles. The molecule has 1 aliphatic rings. The van der Waals surface area contributed by atoms with Crippen LogP contribution in [0.2, 0.25) is 0 Å². The molecule has 2 aromatic heterocycles. The lowest BCUT2D eigenvalue weighted by atomic mass is 9.96. The van der Waals surface area contributed by atoms with Gasteiger partial charge >= 0.3 is 0 Å². The fourth-order valence-electron chi connectivity index (χ4n) is 6.04. The number of piperazine rings is 1. The van der Waals surface area contributed by atoms with Gasteiger partial charge in [0.1, 0.15) is 23.6 Å². The lowest BCUT2D eigenvalue weighted by Gasteiger charge is -2.34. The van der Waals surface area contributed by atoms with Crippen LogP contribution in [0.1, 0.15) is 40.9 Å². The minimum Gasteiger partial charge on any atom is -0.386 e. The standard InChI is InChI=1S/C36H39F2N7O2/c1-22-28(17-26(37)18-31(22)43-35(46)27-9-8-25(16-30(27)38)36(2,3)47)33-29-19-32(42-34(29)41-21-40-33)24-6-4-23(5-7-24)20-45-14-12-44(11-10-39)13-15-45/h4-9,16-19,21,47H,10-15,20,39H2,1-3H3,(H,43,46)(H,40,41,42). The average Bonchev–Trinajstić information content (AvgIpc) is 3.48. The quantitative estimate of drug-likeness (QED) is 0.170. The molecule has 5 aromatic rings. The van der Waals surface area contributed by atoms with E-state index in [4.69, 9.17) is 5.73 Å². The largest absolute Gasteiger partial charge is 0.386 e. The minimum atomic E-state index is -1.27. The molecule has 3 heterocycles. The topological polar surface area (TPSA) is 123 Å². The van der Waals surface area contributed by atoms with Crippen molar-refractivity contribution in [2.24, 2.45) is 5.73 Å². The summed E-state index contributed by atoms with van der Waals surface area (Å²) in [5.41, 5.74) is 9.90. The number of nitrogens with one attached hydrogen (secondary N) is 2. The first-order chi connectivity index (χ1) is 22.5. The number of hydrogen-bond acceptors (Lipinski definition) is 7. The second-order valence-electron chi connectivity index (χ2n) is 12.6. The van der Waals surface area contributed by atoms with Crippen molar-refractivity contribution >= 4 is 22.6 Å². The smallest absolute Gasteiger partial charge is 0.258 e. The van der Waals surface area contributed by atoms with Gasteiger partial charge in [-0.2, -0.15) is 0 Å². The fourth-order valence-corrected chi connectivity index (χ4v) is 6.04. The summed E-state index contributed by atoms with van der Waals surface area (Å²) >= 11 is 0. The van der Waals surface area contributed by atoms with Gasteiger partial charge in [0, 0.05) is 68.1 Å². The summed E-state index contributed by atoms with van der Waals surface area (Å²) in [4.78, 5) is 30.2. The number of halogens is 2. The molecule has 1 aliphatic heterocycles. The fraction of sp³-hybridized carbons (Fsp3) is 0.306. The van der Waals surface area contributed by atoms with Crippen molar-refractivity contribution in [2.45, 2.75) is 32.9 Å². The number of rotatable bonds is 9. The van der Waals surface area contributed by atoms with Gasteiger partial charge in [0.15, 0.2) is 0 Å². The lowest BCUT2D eigenvalue weighted by molar-refractivity contribution is 0.0780. The van der Waals surface area contributed by atoms with Crippen molar-refractivity contribution in [3.63, 3.8) is 0 Å². The van der Waals surface area contributed by atoms with E-state index < -0.39 is 23.1 Å². The molecule has 1 fully saturated rings. The third-order valence-corrected chi connectivity index (χ3v) is 8.80. The minimum absolute atomic E-state index is 0.190. The van der Waals surface area contributed by atoms with Crippen LogP contribution in [0.3, 0.4) is 0 Å². The number of nitrogens with two attached hydrogens (primary N) is 1. The normalized spacial score (nSPS) is 14.5. The molecule has 0 aliphatic carbocycles. The number of H-pyrrole nitrogens is 1. The van der Waals surface area contributed by atoms with E-state index in [9.17, 15) is 14.3 Å². The second kappa shape index (κ2) is 13.3. The summed E-state index contributed by atoms with van der Waals surface area (Å²) in [5, 5.41) is 13.5. The van der Waals surface area contributed by atoms with Gasteiger partial charge in [0.25, 0.3) is 5.91 Å². The highest BCUT2D eigenvalue weighted by molar-refractivity contribution is 6.06. The zero-order valence-electron chi connectivity index (χ0n) is 26.8. The molecule has 0 atom stereocenters. The Labute approximate surface area is 272 Å². The van der Waals surface area contributed by atoms with Crippen LogP contribution in [0.4, 0.5) is 14.5 Å². The Bertz CT molecular complexity index is 1910. The molecule has 1 amide bonds. The van der Waals surface area contributed by atoms with E-state index in [2.05, 4.69) is 54.3 Å². The van der Waals surface area contributed by atoms with E-state index in [0.29, 0.717) is 40.0 Å². The van der Waals surface area contributed by atoms with E-state index in [0.717, 1.165) is 56.6 Å². The maximum Gasteiger partial charge on any atom is 0.258 e. The number of hydrogen-bond donors (Lipinski definition) is 4. The highest BCUT2D eigenvalue weighted by Gasteiger charge is 2.22. The summed E-state index contributed by atoms with van der Waals surface area (Å²) in [6.07, 6.45) is 1.41. The van der Waals surface area contributed by atoms with Crippen molar-refractivity contribution in [1.82, 2.24) is 24.8 Å². The van der Waals surface area contributed by atoms with Gasteiger partial charge in [-0.1, -0.05) is 30.3 Å². The van der Waals surface area contributed by atoms with Crippen LogP contribution in [-0.2, 0) is 12.1 Å². The lowest BCUT2D eigenvalue weighted by Crippen LogP contribution is -2.47. The maximum atomic E-state index is 15.0. The zero-order valence-corrected chi connectivity index (χ0v) is 26.8. The first kappa shape index (κ1) is 32.4. The molecule has 0 saturated carbocycles. The van der Waals surface area contributed by atoms with E-state index in [1.807, 2.05) is 6.07 Å². The highest BCUT2D eigenvalue weighted by atomic mass is 19.1. The molecule has 0 unspecified atom stereocenters. The molecular formula is C36H39F2N7O2. The van der Waals surface area contributed by atoms with Crippen LogP contribution in [0.15, 0.2) is 67.0 Å². The number of amides is 1. The molecule has 1 saturated heterocycles. The van der Waals surface area contributed by atoms with E-state index in [1.165, 1.54) is 50.0 Å². The van der Waals surface area contributed by atoms with Gasteiger partial charge < -0.3 is 21.1 Å². The van der Waals surface area contributed by atoms with Gasteiger partial charge in [-0.15, -0.1) is 0 Å². The van der Waals surface area contributed by atoms with Crippen LogP contribution in [0.25, 0.3) is 33.5 Å². The van der Waals surface area contributed by atoms with E-state index in [-0.39, 0.29) is 11.3 Å².